The van der Waals surface area contributed by atoms with Gasteiger partial charge in [-0.1, -0.05) is 0 Å². The molecule has 7 heteroatoms. The van der Waals surface area contributed by atoms with Gasteiger partial charge in [0, 0.05) is 18.9 Å². The molecule has 0 aliphatic heterocycles. The Morgan fingerprint density at radius 2 is 2.16 bits per heavy atom. The summed E-state index contributed by atoms with van der Waals surface area (Å²) in [4.78, 5) is 23.6. The van der Waals surface area contributed by atoms with Crippen molar-refractivity contribution in [3.8, 4) is 0 Å². The van der Waals surface area contributed by atoms with Crippen LogP contribution in [-0.2, 0) is 0 Å². The minimum atomic E-state index is -0.578. The van der Waals surface area contributed by atoms with Crippen molar-refractivity contribution in [2.45, 2.75) is 6.92 Å². The molecule has 0 radical (unpaired) electrons. The number of carbonyl (C=O) groups is 1. The van der Waals surface area contributed by atoms with Gasteiger partial charge in [-0.05, 0) is 13.0 Å². The van der Waals surface area contributed by atoms with Crippen LogP contribution >= 0.6 is 0 Å². The van der Waals surface area contributed by atoms with E-state index in [1.807, 2.05) is 6.92 Å². The van der Waals surface area contributed by atoms with Crippen LogP contribution in [0.1, 0.15) is 17.3 Å². The molecule has 0 bridgehead atoms. The fourth-order valence-electron chi connectivity index (χ4n) is 1.47. The van der Waals surface area contributed by atoms with Crippen molar-refractivity contribution in [3.63, 3.8) is 0 Å². The van der Waals surface area contributed by atoms with Gasteiger partial charge in [0.2, 0.25) is 0 Å². The number of halogens is 1. The Bertz CT molecular complexity index is 576. The molecule has 0 fully saturated rings. The van der Waals surface area contributed by atoms with Crippen molar-refractivity contribution in [1.82, 2.24) is 15.0 Å². The maximum atomic E-state index is 13.2. The first kappa shape index (κ1) is 12.9. The van der Waals surface area contributed by atoms with Gasteiger partial charge in [-0.15, -0.1) is 0 Å². The second-order valence-electron chi connectivity index (χ2n) is 3.62. The van der Waals surface area contributed by atoms with Crippen LogP contribution in [0.3, 0.4) is 0 Å². The fraction of sp³-hybridized carbons (Fsp3) is 0.167. The number of nitrogens with zero attached hydrogens (tertiary/aromatic N) is 3. The Hall–Kier alpha value is -2.57. The highest BCUT2D eigenvalue weighted by Crippen LogP contribution is 2.15. The molecule has 0 unspecified atom stereocenters. The van der Waals surface area contributed by atoms with Gasteiger partial charge in [0.15, 0.2) is 5.82 Å². The number of hydrogen-bond acceptors (Lipinski definition) is 5. The third-order valence-corrected chi connectivity index (χ3v) is 2.25. The molecule has 0 atom stereocenters. The summed E-state index contributed by atoms with van der Waals surface area (Å²) >= 11 is 0. The van der Waals surface area contributed by atoms with E-state index in [2.05, 4.69) is 25.6 Å². The minimum absolute atomic E-state index is 0.118. The van der Waals surface area contributed by atoms with Crippen LogP contribution in [0, 0.1) is 5.82 Å². The summed E-state index contributed by atoms with van der Waals surface area (Å²) < 4.78 is 13.2. The van der Waals surface area contributed by atoms with E-state index in [0.717, 1.165) is 12.3 Å². The second-order valence-corrected chi connectivity index (χ2v) is 3.62. The van der Waals surface area contributed by atoms with Crippen LogP contribution in [0.25, 0.3) is 0 Å². The average molecular weight is 261 g/mol. The minimum Gasteiger partial charge on any atom is -0.370 e. The van der Waals surface area contributed by atoms with E-state index in [1.165, 1.54) is 18.6 Å². The number of hydrogen-bond donors (Lipinski definition) is 2. The lowest BCUT2D eigenvalue weighted by Crippen LogP contribution is -2.17. The first-order valence-electron chi connectivity index (χ1n) is 5.67. The van der Waals surface area contributed by atoms with E-state index in [0.29, 0.717) is 18.2 Å². The third kappa shape index (κ3) is 3.21. The van der Waals surface area contributed by atoms with Crippen LogP contribution in [0.4, 0.5) is 16.0 Å². The fourth-order valence-corrected chi connectivity index (χ4v) is 1.47. The van der Waals surface area contributed by atoms with Gasteiger partial charge in [-0.2, -0.15) is 0 Å². The zero-order valence-corrected chi connectivity index (χ0v) is 10.2. The predicted molar refractivity (Wildman–Crippen MR) is 68.3 cm³/mol. The van der Waals surface area contributed by atoms with E-state index in [4.69, 9.17) is 0 Å². The first-order valence-corrected chi connectivity index (χ1v) is 5.67. The molecular weight excluding hydrogens is 249 g/mol. The van der Waals surface area contributed by atoms with Crippen LogP contribution < -0.4 is 10.6 Å². The normalized spacial score (nSPS) is 10.0. The molecule has 19 heavy (non-hydrogen) atoms. The Morgan fingerprint density at radius 3 is 2.84 bits per heavy atom. The van der Waals surface area contributed by atoms with E-state index < -0.39 is 11.7 Å². The van der Waals surface area contributed by atoms with E-state index in [9.17, 15) is 9.18 Å². The zero-order valence-electron chi connectivity index (χ0n) is 10.2. The molecule has 0 saturated carbocycles. The highest BCUT2D eigenvalue weighted by atomic mass is 19.1. The monoisotopic (exact) mass is 261 g/mol. The highest BCUT2D eigenvalue weighted by molar-refractivity contribution is 6.06. The Labute approximate surface area is 109 Å². The van der Waals surface area contributed by atoms with Gasteiger partial charge >= 0.3 is 0 Å². The quantitative estimate of drug-likeness (QED) is 0.875. The van der Waals surface area contributed by atoms with Gasteiger partial charge in [0.1, 0.15) is 11.6 Å². The number of pyridine rings is 1. The third-order valence-electron chi connectivity index (χ3n) is 2.25. The van der Waals surface area contributed by atoms with Crippen LogP contribution in [0.5, 0.6) is 0 Å². The van der Waals surface area contributed by atoms with E-state index in [1.54, 1.807) is 0 Å². The van der Waals surface area contributed by atoms with Crippen LogP contribution in [0.15, 0.2) is 30.9 Å². The summed E-state index contributed by atoms with van der Waals surface area (Å²) in [6.07, 6.45) is 5.39. The van der Waals surface area contributed by atoms with Gasteiger partial charge in [0.25, 0.3) is 5.91 Å². The highest BCUT2D eigenvalue weighted by Gasteiger charge is 2.14. The van der Waals surface area contributed by atoms with Gasteiger partial charge in [-0.25, -0.2) is 14.4 Å². The Morgan fingerprint density at radius 1 is 1.32 bits per heavy atom. The smallest absolute Gasteiger partial charge is 0.260 e. The summed E-state index contributed by atoms with van der Waals surface area (Å²) in [5.41, 5.74) is 0.118. The molecule has 2 aromatic heterocycles. The molecule has 2 heterocycles. The standard InChI is InChI=1S/C12H12FN5O/c1-2-15-11-9(5-8(13)6-17-11)12(19)18-10-7-14-3-4-16-10/h3-7H,2H2,1H3,(H,15,17)(H,16,18,19). The lowest BCUT2D eigenvalue weighted by Gasteiger charge is -2.09. The van der Waals surface area contributed by atoms with Crippen molar-refractivity contribution in [3.05, 3.63) is 42.2 Å². The van der Waals surface area contributed by atoms with Crippen molar-refractivity contribution in [2.24, 2.45) is 0 Å². The lowest BCUT2D eigenvalue weighted by atomic mass is 10.2. The molecule has 0 spiro atoms. The van der Waals surface area contributed by atoms with Crippen LogP contribution in [-0.4, -0.2) is 27.4 Å². The maximum Gasteiger partial charge on any atom is 0.260 e. The first-order chi connectivity index (χ1) is 9.20. The average Bonchev–Trinajstić information content (AvgIpc) is 2.42. The number of nitrogens with one attached hydrogen (secondary N) is 2. The Kier molecular flexibility index (Phi) is 3.97. The summed E-state index contributed by atoms with van der Waals surface area (Å²) in [5.74, 6) is -0.459. The lowest BCUT2D eigenvalue weighted by molar-refractivity contribution is 0.102. The summed E-state index contributed by atoms with van der Waals surface area (Å²) in [7, 11) is 0. The van der Waals surface area contributed by atoms with Crippen molar-refractivity contribution >= 4 is 17.5 Å². The molecule has 2 aromatic rings. The van der Waals surface area contributed by atoms with Crippen molar-refractivity contribution < 1.29 is 9.18 Å². The van der Waals surface area contributed by atoms with Gasteiger partial charge < -0.3 is 10.6 Å². The predicted octanol–water partition coefficient (Wildman–Crippen LogP) is 1.69. The molecule has 2 N–H and O–H groups in total. The molecular formula is C12H12FN5O. The topological polar surface area (TPSA) is 79.8 Å². The molecule has 2 rings (SSSR count). The summed E-state index contributed by atoms with van der Waals surface area (Å²) in [5, 5.41) is 5.42. The number of amides is 1. The summed E-state index contributed by atoms with van der Waals surface area (Å²) in [6.45, 7) is 2.43. The van der Waals surface area contributed by atoms with Gasteiger partial charge in [0.05, 0.1) is 18.0 Å². The van der Waals surface area contributed by atoms with Crippen molar-refractivity contribution in [2.75, 3.05) is 17.2 Å². The molecule has 0 aliphatic rings. The molecule has 1 amide bonds. The van der Waals surface area contributed by atoms with Crippen LogP contribution in [0.2, 0.25) is 0 Å². The number of rotatable bonds is 4. The second kappa shape index (κ2) is 5.85. The molecule has 0 aliphatic carbocycles. The van der Waals surface area contributed by atoms with E-state index in [-0.39, 0.29) is 5.56 Å². The molecule has 0 aromatic carbocycles. The summed E-state index contributed by atoms with van der Waals surface area (Å²) in [6, 6.07) is 1.12. The Balaban J connectivity index is 2.25. The zero-order chi connectivity index (χ0) is 13.7. The molecule has 6 nitrogen and oxygen atoms in total. The SMILES string of the molecule is CCNc1ncc(F)cc1C(=O)Nc1cnccn1. The van der Waals surface area contributed by atoms with Gasteiger partial charge in [-0.3, -0.25) is 9.78 Å². The molecule has 98 valence electrons. The maximum absolute atomic E-state index is 13.2. The van der Waals surface area contributed by atoms with Crippen molar-refractivity contribution in [1.29, 1.82) is 0 Å². The van der Waals surface area contributed by atoms with E-state index >= 15 is 0 Å². The largest absolute Gasteiger partial charge is 0.370 e. The number of aromatic nitrogens is 3. The molecule has 0 saturated heterocycles. The number of carbonyl (C=O) groups excluding carboxylic acids is 1. The number of anilines is 2.